The Bertz CT molecular complexity index is 1160. The molecule has 0 radical (unpaired) electrons. The van der Waals surface area contributed by atoms with Crippen LogP contribution in [0.15, 0.2) is 48.5 Å². The van der Waals surface area contributed by atoms with Crippen molar-refractivity contribution in [2.24, 2.45) is 0 Å². The molecule has 0 aliphatic carbocycles. The van der Waals surface area contributed by atoms with Gasteiger partial charge in [-0.3, -0.25) is 19.8 Å². The lowest BCUT2D eigenvalue weighted by Crippen LogP contribution is -2.48. The van der Waals surface area contributed by atoms with Crippen LogP contribution >= 0.6 is 11.3 Å². The molecule has 3 aromatic rings. The van der Waals surface area contributed by atoms with Crippen LogP contribution in [0, 0.1) is 15.9 Å². The van der Waals surface area contributed by atoms with E-state index in [4.69, 9.17) is 0 Å². The van der Waals surface area contributed by atoms with Gasteiger partial charge in [0.25, 0.3) is 5.69 Å². The van der Waals surface area contributed by atoms with Gasteiger partial charge in [-0.25, -0.2) is 9.37 Å². The monoisotopic (exact) mass is 455 g/mol. The smallest absolute Gasteiger partial charge is 0.270 e. The van der Waals surface area contributed by atoms with Crippen molar-refractivity contribution in [1.82, 2.24) is 15.2 Å². The molecule has 0 spiro atoms. The van der Waals surface area contributed by atoms with E-state index in [-0.39, 0.29) is 17.4 Å². The van der Waals surface area contributed by atoms with E-state index in [1.807, 2.05) is 6.07 Å². The maximum absolute atomic E-state index is 13.9. The Hall–Kier alpha value is -3.37. The summed E-state index contributed by atoms with van der Waals surface area (Å²) >= 11 is 1.50. The number of amides is 1. The molecule has 0 atom stereocenters. The number of nitro groups is 1. The van der Waals surface area contributed by atoms with Gasteiger partial charge in [0, 0.05) is 57.5 Å². The molecule has 2 heterocycles. The zero-order chi connectivity index (χ0) is 22.5. The van der Waals surface area contributed by atoms with Crippen molar-refractivity contribution in [2.75, 3.05) is 44.2 Å². The lowest BCUT2D eigenvalue weighted by atomic mass is 10.2. The molecule has 0 bridgehead atoms. The Morgan fingerprint density at radius 3 is 2.75 bits per heavy atom. The molecule has 1 saturated heterocycles. The van der Waals surface area contributed by atoms with Gasteiger partial charge >= 0.3 is 0 Å². The van der Waals surface area contributed by atoms with E-state index in [0.29, 0.717) is 17.6 Å². The maximum atomic E-state index is 13.9. The largest absolute Gasteiger partial charge is 0.351 e. The van der Waals surface area contributed by atoms with Gasteiger partial charge in [-0.15, -0.1) is 0 Å². The number of thiazole rings is 1. The second-order valence-electron chi connectivity index (χ2n) is 7.39. The number of piperazine rings is 1. The molecule has 32 heavy (non-hydrogen) atoms. The van der Waals surface area contributed by atoms with Crippen molar-refractivity contribution in [3.05, 3.63) is 70.0 Å². The summed E-state index contributed by atoms with van der Waals surface area (Å²) in [6, 6.07) is 11.1. The third kappa shape index (κ3) is 5.27. The van der Waals surface area contributed by atoms with Crippen LogP contribution in [-0.2, 0) is 4.79 Å². The molecule has 4 rings (SSSR count). The second-order valence-corrected chi connectivity index (χ2v) is 8.40. The van der Waals surface area contributed by atoms with Gasteiger partial charge in [-0.2, -0.15) is 0 Å². The molecule has 1 aromatic heterocycles. The summed E-state index contributed by atoms with van der Waals surface area (Å²) < 4.78 is 14.7. The van der Waals surface area contributed by atoms with E-state index in [1.165, 1.54) is 35.6 Å². The fraction of sp³-hybridized carbons (Fsp3) is 0.273. The van der Waals surface area contributed by atoms with Gasteiger partial charge in [0.05, 0.1) is 9.62 Å². The molecular formula is C22H22FN5O3S. The van der Waals surface area contributed by atoms with E-state index in [2.05, 4.69) is 20.1 Å². The zero-order valence-corrected chi connectivity index (χ0v) is 18.1. The number of para-hydroxylation sites is 1. The zero-order valence-electron chi connectivity index (χ0n) is 17.2. The minimum atomic E-state index is -0.466. The molecule has 1 amide bonds. The molecular weight excluding hydrogens is 433 g/mol. The minimum Gasteiger partial charge on any atom is -0.351 e. The predicted molar refractivity (Wildman–Crippen MR) is 123 cm³/mol. The number of anilines is 1. The molecule has 0 saturated carbocycles. The molecule has 166 valence electrons. The van der Waals surface area contributed by atoms with Crippen LogP contribution in [0.1, 0.15) is 5.56 Å². The molecule has 10 heteroatoms. The molecule has 1 aliphatic rings. The van der Waals surface area contributed by atoms with Crippen molar-refractivity contribution in [3.63, 3.8) is 0 Å². The Balaban J connectivity index is 1.21. The number of non-ortho nitro benzene ring substituents is 1. The fourth-order valence-corrected chi connectivity index (χ4v) is 4.54. The third-order valence-electron chi connectivity index (χ3n) is 5.24. The number of nitro benzene ring substituents is 1. The van der Waals surface area contributed by atoms with Crippen molar-refractivity contribution in [1.29, 1.82) is 0 Å². The average Bonchev–Trinajstić information content (AvgIpc) is 3.24. The van der Waals surface area contributed by atoms with Crippen LogP contribution in [0.25, 0.3) is 16.3 Å². The van der Waals surface area contributed by atoms with E-state index >= 15 is 0 Å². The topological polar surface area (TPSA) is 91.6 Å². The van der Waals surface area contributed by atoms with Gasteiger partial charge in [0.1, 0.15) is 11.3 Å². The van der Waals surface area contributed by atoms with Crippen LogP contribution in [0.2, 0.25) is 0 Å². The number of rotatable bonds is 7. The number of nitrogens with one attached hydrogen (secondary N) is 1. The third-order valence-corrected chi connectivity index (χ3v) is 6.32. The summed E-state index contributed by atoms with van der Waals surface area (Å²) in [5.74, 6) is -0.537. The maximum Gasteiger partial charge on any atom is 0.270 e. The summed E-state index contributed by atoms with van der Waals surface area (Å²) in [6.45, 7) is 4.48. The summed E-state index contributed by atoms with van der Waals surface area (Å²) in [7, 11) is 0. The highest BCUT2D eigenvalue weighted by atomic mass is 32.1. The Morgan fingerprint density at radius 1 is 1.22 bits per heavy atom. The molecule has 8 nitrogen and oxygen atoms in total. The van der Waals surface area contributed by atoms with Gasteiger partial charge in [-0.05, 0) is 23.8 Å². The first-order valence-corrected chi connectivity index (χ1v) is 11.0. The van der Waals surface area contributed by atoms with Crippen molar-refractivity contribution >= 4 is 44.4 Å². The van der Waals surface area contributed by atoms with Gasteiger partial charge in [0.2, 0.25) is 5.91 Å². The van der Waals surface area contributed by atoms with Crippen LogP contribution in [0.4, 0.5) is 15.2 Å². The number of carbonyl (C=O) groups is 1. The van der Waals surface area contributed by atoms with Crippen molar-refractivity contribution < 1.29 is 14.1 Å². The number of halogens is 1. The molecule has 1 N–H and O–H groups in total. The standard InChI is InChI=1S/C22H22FN5O3S/c23-18-5-2-6-19-21(18)25-22(32-19)27-13-11-26(12-14-27)10-9-24-20(29)8-7-16-3-1-4-17(15-16)28(30)31/h1-8,15H,9-14H2,(H,24,29)/b8-7+. The number of hydrogen-bond acceptors (Lipinski definition) is 7. The van der Waals surface area contributed by atoms with Crippen LogP contribution < -0.4 is 10.2 Å². The number of aromatic nitrogens is 1. The molecule has 0 unspecified atom stereocenters. The molecule has 1 aliphatic heterocycles. The Morgan fingerprint density at radius 2 is 2.00 bits per heavy atom. The van der Waals surface area contributed by atoms with E-state index < -0.39 is 4.92 Å². The lowest BCUT2D eigenvalue weighted by Gasteiger charge is -2.34. The predicted octanol–water partition coefficient (Wildman–Crippen LogP) is 3.30. The lowest BCUT2D eigenvalue weighted by molar-refractivity contribution is -0.384. The average molecular weight is 456 g/mol. The summed E-state index contributed by atoms with van der Waals surface area (Å²) in [5.41, 5.74) is 1.01. The van der Waals surface area contributed by atoms with Gasteiger partial charge in [0.15, 0.2) is 5.13 Å². The first kappa shape index (κ1) is 21.8. The van der Waals surface area contributed by atoms with Gasteiger partial charge < -0.3 is 10.2 Å². The first-order chi connectivity index (χ1) is 15.5. The highest BCUT2D eigenvalue weighted by molar-refractivity contribution is 7.22. The summed E-state index contributed by atoms with van der Waals surface area (Å²) in [6.07, 6.45) is 2.94. The normalized spacial score (nSPS) is 14.8. The number of hydrogen-bond donors (Lipinski definition) is 1. The Kier molecular flexibility index (Phi) is 6.72. The van der Waals surface area contributed by atoms with Crippen LogP contribution in [0.3, 0.4) is 0 Å². The number of fused-ring (bicyclic) bond motifs is 1. The fourth-order valence-electron chi connectivity index (χ4n) is 3.51. The minimum absolute atomic E-state index is 0.0114. The van der Waals surface area contributed by atoms with Gasteiger partial charge in [-0.1, -0.05) is 29.5 Å². The SMILES string of the molecule is O=C(/C=C/c1cccc([N+](=O)[O-])c1)NCCN1CCN(c2nc3c(F)cccc3s2)CC1. The quantitative estimate of drug-likeness (QED) is 0.334. The Labute approximate surface area is 188 Å². The van der Waals surface area contributed by atoms with Crippen molar-refractivity contribution in [2.45, 2.75) is 0 Å². The summed E-state index contributed by atoms with van der Waals surface area (Å²) in [4.78, 5) is 31.3. The highest BCUT2D eigenvalue weighted by Gasteiger charge is 2.20. The second kappa shape index (κ2) is 9.84. The van der Waals surface area contributed by atoms with Crippen molar-refractivity contribution in [3.8, 4) is 0 Å². The first-order valence-electron chi connectivity index (χ1n) is 10.2. The van der Waals surface area contributed by atoms with Crippen LogP contribution in [-0.4, -0.2) is 60.0 Å². The number of carbonyl (C=O) groups excluding carboxylic acids is 1. The van der Waals surface area contributed by atoms with E-state index in [0.717, 1.165) is 42.6 Å². The molecule has 1 fully saturated rings. The highest BCUT2D eigenvalue weighted by Crippen LogP contribution is 2.30. The van der Waals surface area contributed by atoms with E-state index in [1.54, 1.807) is 24.3 Å². The van der Waals surface area contributed by atoms with E-state index in [9.17, 15) is 19.3 Å². The summed E-state index contributed by atoms with van der Waals surface area (Å²) in [5, 5.41) is 14.5. The van der Waals surface area contributed by atoms with Crippen LogP contribution in [0.5, 0.6) is 0 Å². The molecule has 2 aromatic carbocycles. The number of nitrogens with zero attached hydrogens (tertiary/aromatic N) is 4. The number of benzene rings is 2.